The van der Waals surface area contributed by atoms with E-state index >= 15 is 0 Å². The largest absolute Gasteiger partial charge is 0.448 e. The Balaban J connectivity index is 2.31. The van der Waals surface area contributed by atoms with Crippen LogP contribution in [0.15, 0.2) is 12.2 Å². The molecule has 2 saturated heterocycles. The predicted molar refractivity (Wildman–Crippen MR) is 62.6 cm³/mol. The first kappa shape index (κ1) is 13.6. The fourth-order valence-electron chi connectivity index (χ4n) is 2.48. The molecule has 104 valence electrons. The normalized spacial score (nSPS) is 29.5. The number of hydrogen-bond acceptors (Lipinski definition) is 6. The molecule has 2 aliphatic heterocycles. The fourth-order valence-corrected chi connectivity index (χ4v) is 2.48. The monoisotopic (exact) mass is 268 g/mol. The van der Waals surface area contributed by atoms with Gasteiger partial charge in [-0.3, -0.25) is 9.59 Å². The van der Waals surface area contributed by atoms with Crippen LogP contribution in [0.3, 0.4) is 0 Å². The lowest BCUT2D eigenvalue weighted by Gasteiger charge is -2.39. The van der Waals surface area contributed by atoms with Crippen molar-refractivity contribution >= 4 is 17.9 Å². The first-order valence-corrected chi connectivity index (χ1v) is 6.00. The molecular weight excluding hydrogens is 252 g/mol. The van der Waals surface area contributed by atoms with Gasteiger partial charge in [0.15, 0.2) is 5.60 Å². The van der Waals surface area contributed by atoms with Gasteiger partial charge in [-0.15, -0.1) is 0 Å². The van der Waals surface area contributed by atoms with Gasteiger partial charge >= 0.3 is 17.9 Å². The molecule has 0 bridgehead atoms. The van der Waals surface area contributed by atoms with E-state index in [9.17, 15) is 14.4 Å². The summed E-state index contributed by atoms with van der Waals surface area (Å²) in [5, 5.41) is 0. The van der Waals surface area contributed by atoms with Gasteiger partial charge in [-0.2, -0.15) is 0 Å². The second-order valence-corrected chi connectivity index (χ2v) is 5.40. The van der Waals surface area contributed by atoms with Crippen molar-refractivity contribution in [1.29, 1.82) is 0 Å². The number of fused-ring (bicyclic) bond motifs is 1. The van der Waals surface area contributed by atoms with Gasteiger partial charge in [0.1, 0.15) is 0 Å². The highest BCUT2D eigenvalue weighted by Gasteiger charge is 2.68. The minimum atomic E-state index is -1.52. The summed E-state index contributed by atoms with van der Waals surface area (Å²) in [6.07, 6.45) is 0.166. The fraction of sp³-hybridized carbons (Fsp3) is 0.615. The first-order chi connectivity index (χ1) is 8.68. The lowest BCUT2D eigenvalue weighted by atomic mass is 9.85. The highest BCUT2D eigenvalue weighted by molar-refractivity contribution is 5.87. The molecule has 6 nitrogen and oxygen atoms in total. The number of rotatable bonds is 3. The smallest absolute Gasteiger partial charge is 0.333 e. The van der Waals surface area contributed by atoms with Crippen LogP contribution in [-0.4, -0.2) is 29.3 Å². The molecule has 0 saturated carbocycles. The maximum Gasteiger partial charge on any atom is 0.333 e. The SMILES string of the molecule is C=C(C)C(=O)OC(C)(C)C12OC(=O)CC1CC(=O)O2. The van der Waals surface area contributed by atoms with Crippen molar-refractivity contribution < 1.29 is 28.6 Å². The van der Waals surface area contributed by atoms with Gasteiger partial charge in [0.2, 0.25) is 0 Å². The predicted octanol–water partition coefficient (Wildman–Crippen LogP) is 1.09. The third-order valence-corrected chi connectivity index (χ3v) is 3.43. The molecule has 0 aromatic carbocycles. The second kappa shape index (κ2) is 4.08. The van der Waals surface area contributed by atoms with Crippen molar-refractivity contribution in [1.82, 2.24) is 0 Å². The minimum Gasteiger partial charge on any atom is -0.448 e. The van der Waals surface area contributed by atoms with Gasteiger partial charge < -0.3 is 14.2 Å². The molecule has 19 heavy (non-hydrogen) atoms. The van der Waals surface area contributed by atoms with Crippen LogP contribution < -0.4 is 0 Å². The molecule has 0 aromatic heterocycles. The van der Waals surface area contributed by atoms with Crippen molar-refractivity contribution in [3.63, 3.8) is 0 Å². The third kappa shape index (κ3) is 2.01. The topological polar surface area (TPSA) is 78.9 Å². The second-order valence-electron chi connectivity index (χ2n) is 5.40. The van der Waals surface area contributed by atoms with Gasteiger partial charge in [0, 0.05) is 5.57 Å². The van der Waals surface area contributed by atoms with Crippen molar-refractivity contribution in [2.45, 2.75) is 45.0 Å². The number of esters is 3. The molecule has 2 rings (SSSR count). The van der Waals surface area contributed by atoms with E-state index in [0.29, 0.717) is 0 Å². The lowest BCUT2D eigenvalue weighted by Crippen LogP contribution is -2.56. The highest BCUT2D eigenvalue weighted by Crippen LogP contribution is 2.50. The third-order valence-electron chi connectivity index (χ3n) is 3.43. The van der Waals surface area contributed by atoms with Crippen LogP contribution >= 0.6 is 0 Å². The van der Waals surface area contributed by atoms with Crippen molar-refractivity contribution in [2.24, 2.45) is 5.92 Å². The van der Waals surface area contributed by atoms with Gasteiger partial charge in [0.25, 0.3) is 5.79 Å². The number of ether oxygens (including phenoxy) is 3. The molecule has 0 unspecified atom stereocenters. The average molecular weight is 268 g/mol. The molecule has 0 aliphatic carbocycles. The molecular formula is C13H16O6. The van der Waals surface area contributed by atoms with E-state index < -0.39 is 35.2 Å². The van der Waals surface area contributed by atoms with E-state index in [1.54, 1.807) is 13.8 Å². The zero-order valence-corrected chi connectivity index (χ0v) is 11.1. The maximum absolute atomic E-state index is 11.7. The van der Waals surface area contributed by atoms with Gasteiger partial charge in [-0.25, -0.2) is 4.79 Å². The van der Waals surface area contributed by atoms with Crippen molar-refractivity contribution in [2.75, 3.05) is 0 Å². The van der Waals surface area contributed by atoms with Crippen LogP contribution in [0.5, 0.6) is 0 Å². The molecule has 2 heterocycles. The van der Waals surface area contributed by atoms with Crippen LogP contribution in [0.1, 0.15) is 33.6 Å². The molecule has 2 aliphatic rings. The van der Waals surface area contributed by atoms with E-state index in [-0.39, 0.29) is 18.4 Å². The summed E-state index contributed by atoms with van der Waals surface area (Å²) in [4.78, 5) is 34.6. The van der Waals surface area contributed by atoms with E-state index in [4.69, 9.17) is 14.2 Å². The standard InChI is InChI=1S/C13H16O6/c1-7(2)11(16)19-12(3,4)13-8(5-9(14)17-13)6-10(15)18-13/h8H,1,5-6H2,2-4H3. The average Bonchev–Trinajstić information content (AvgIpc) is 2.69. The zero-order valence-electron chi connectivity index (χ0n) is 11.1. The van der Waals surface area contributed by atoms with Crippen LogP contribution in [0.2, 0.25) is 0 Å². The van der Waals surface area contributed by atoms with Crippen LogP contribution in [0, 0.1) is 5.92 Å². The number of carbonyl (C=O) groups excluding carboxylic acids is 3. The summed E-state index contributed by atoms with van der Waals surface area (Å²) in [5.74, 6) is -3.50. The lowest BCUT2D eigenvalue weighted by molar-refractivity contribution is -0.273. The highest BCUT2D eigenvalue weighted by atomic mass is 16.8. The Morgan fingerprint density at radius 3 is 2.21 bits per heavy atom. The zero-order chi connectivity index (χ0) is 14.4. The summed E-state index contributed by atoms with van der Waals surface area (Å²) >= 11 is 0. The molecule has 0 N–H and O–H groups in total. The van der Waals surface area contributed by atoms with Crippen molar-refractivity contribution in [3.05, 3.63) is 12.2 Å². The Bertz CT molecular complexity index is 456. The summed E-state index contributed by atoms with van der Waals surface area (Å²) in [6.45, 7) is 8.10. The first-order valence-electron chi connectivity index (χ1n) is 6.00. The van der Waals surface area contributed by atoms with Gasteiger partial charge in [-0.05, 0) is 20.8 Å². The maximum atomic E-state index is 11.7. The molecule has 0 amide bonds. The molecule has 0 atom stereocenters. The molecule has 6 heteroatoms. The Morgan fingerprint density at radius 2 is 1.79 bits per heavy atom. The minimum absolute atomic E-state index is 0.0831. The Hall–Kier alpha value is -1.85. The van der Waals surface area contributed by atoms with Crippen LogP contribution in [-0.2, 0) is 28.6 Å². The van der Waals surface area contributed by atoms with E-state index in [1.807, 2.05) is 0 Å². The Kier molecular flexibility index (Phi) is 2.91. The molecule has 0 radical (unpaired) electrons. The molecule has 0 spiro atoms. The summed E-state index contributed by atoms with van der Waals surface area (Å²) in [6, 6.07) is 0. The Morgan fingerprint density at radius 1 is 1.32 bits per heavy atom. The molecule has 2 fully saturated rings. The summed E-state index contributed by atoms with van der Waals surface area (Å²) < 4.78 is 15.7. The van der Waals surface area contributed by atoms with Gasteiger partial charge in [0.05, 0.1) is 18.8 Å². The van der Waals surface area contributed by atoms with E-state index in [1.165, 1.54) is 6.92 Å². The van der Waals surface area contributed by atoms with Gasteiger partial charge in [-0.1, -0.05) is 6.58 Å². The van der Waals surface area contributed by atoms with Crippen molar-refractivity contribution in [3.8, 4) is 0 Å². The van der Waals surface area contributed by atoms with Crippen LogP contribution in [0.4, 0.5) is 0 Å². The number of carbonyl (C=O) groups is 3. The van der Waals surface area contributed by atoms with E-state index in [2.05, 4.69) is 6.58 Å². The summed E-state index contributed by atoms with van der Waals surface area (Å²) in [7, 11) is 0. The number of hydrogen-bond donors (Lipinski definition) is 0. The van der Waals surface area contributed by atoms with Crippen LogP contribution in [0.25, 0.3) is 0 Å². The quantitative estimate of drug-likeness (QED) is 0.563. The molecule has 0 aromatic rings. The Labute approximate surface area is 110 Å². The summed E-state index contributed by atoms with van der Waals surface area (Å²) in [5.41, 5.74) is -1.05. The van der Waals surface area contributed by atoms with E-state index in [0.717, 1.165) is 0 Å².